The smallest absolute Gasteiger partial charge is 0.446 e. The molecule has 1 aromatic heterocycles. The van der Waals surface area contributed by atoms with E-state index in [0.29, 0.717) is 37.0 Å². The van der Waals surface area contributed by atoms with Gasteiger partial charge >= 0.3 is 11.5 Å². The van der Waals surface area contributed by atoms with E-state index in [9.17, 15) is 18.0 Å². The second kappa shape index (κ2) is 10.7. The summed E-state index contributed by atoms with van der Waals surface area (Å²) in [5.41, 5.74) is -3.28. The number of aromatic nitrogens is 2. The van der Waals surface area contributed by atoms with Crippen molar-refractivity contribution in [1.29, 1.82) is 0 Å². The summed E-state index contributed by atoms with van der Waals surface area (Å²) in [6.45, 7) is 3.31. The maximum Gasteiger partial charge on any atom is 0.446 e. The number of ether oxygens (including phenoxy) is 1. The zero-order valence-electron chi connectivity index (χ0n) is 18.0. The fourth-order valence-electron chi connectivity index (χ4n) is 3.47. The molecule has 2 heterocycles. The summed E-state index contributed by atoms with van der Waals surface area (Å²) >= 11 is -0.156. The second-order valence-electron chi connectivity index (χ2n) is 7.55. The van der Waals surface area contributed by atoms with Crippen LogP contribution in [0.2, 0.25) is 0 Å². The van der Waals surface area contributed by atoms with Gasteiger partial charge in [0.25, 0.3) is 0 Å². The Kier molecular flexibility index (Phi) is 7.53. The molecule has 0 atom stereocenters. The highest BCUT2D eigenvalue weighted by atomic mass is 32.2. The van der Waals surface area contributed by atoms with Gasteiger partial charge in [-0.05, 0) is 53.7 Å². The highest BCUT2D eigenvalue weighted by molar-refractivity contribution is 8.00. The minimum atomic E-state index is -4.32. The molecule has 0 unspecified atom stereocenters. The van der Waals surface area contributed by atoms with Crippen molar-refractivity contribution in [1.82, 2.24) is 19.8 Å². The monoisotopic (exact) mass is 489 g/mol. The van der Waals surface area contributed by atoms with Crippen molar-refractivity contribution in [3.63, 3.8) is 0 Å². The molecular weight excluding hydrogens is 467 g/mol. The first-order valence-electron chi connectivity index (χ1n) is 10.5. The van der Waals surface area contributed by atoms with Gasteiger partial charge in [0.15, 0.2) is 5.82 Å². The number of carbonyl (C=O) groups excluding carboxylic acids is 1. The molecule has 4 rings (SSSR count). The number of amides is 2. The Morgan fingerprint density at radius 3 is 2.47 bits per heavy atom. The van der Waals surface area contributed by atoms with Gasteiger partial charge in [-0.2, -0.15) is 13.2 Å². The normalized spacial score (nSPS) is 14.6. The van der Waals surface area contributed by atoms with Crippen LogP contribution in [0.1, 0.15) is 5.56 Å². The third kappa shape index (κ3) is 7.09. The number of piperazine rings is 1. The van der Waals surface area contributed by atoms with Gasteiger partial charge in [0.2, 0.25) is 0 Å². The number of urea groups is 1. The summed E-state index contributed by atoms with van der Waals surface area (Å²) in [5, 5.41) is 2.74. The van der Waals surface area contributed by atoms with Crippen molar-refractivity contribution in [2.75, 3.05) is 31.5 Å². The summed E-state index contributed by atoms with van der Waals surface area (Å²) in [5.74, 6) is 1.49. The minimum Gasteiger partial charge on any atom is -0.457 e. The minimum absolute atomic E-state index is 0.109. The molecule has 0 spiro atoms. The summed E-state index contributed by atoms with van der Waals surface area (Å²) in [4.78, 5) is 24.5. The number of nitrogens with zero attached hydrogens (tertiary/aromatic N) is 4. The van der Waals surface area contributed by atoms with Crippen LogP contribution in [-0.2, 0) is 6.54 Å². The summed E-state index contributed by atoms with van der Waals surface area (Å²) in [6, 6.07) is 13.2. The molecule has 178 valence electrons. The predicted octanol–water partition coefficient (Wildman–Crippen LogP) is 5.23. The Hall–Kier alpha value is -3.31. The lowest BCUT2D eigenvalue weighted by atomic mass is 10.2. The van der Waals surface area contributed by atoms with Crippen LogP contribution in [-0.4, -0.2) is 57.5 Å². The molecule has 1 aliphatic heterocycles. The summed E-state index contributed by atoms with van der Waals surface area (Å²) in [7, 11) is 0. The maximum atomic E-state index is 12.5. The predicted molar refractivity (Wildman–Crippen MR) is 123 cm³/mol. The number of hydrogen-bond acceptors (Lipinski definition) is 6. The number of alkyl halides is 3. The van der Waals surface area contributed by atoms with E-state index in [4.69, 9.17) is 4.74 Å². The molecule has 1 saturated heterocycles. The summed E-state index contributed by atoms with van der Waals surface area (Å²) in [6.07, 6.45) is 4.56. The van der Waals surface area contributed by atoms with Crippen molar-refractivity contribution < 1.29 is 22.7 Å². The van der Waals surface area contributed by atoms with Gasteiger partial charge in [-0.1, -0.05) is 12.1 Å². The van der Waals surface area contributed by atoms with Gasteiger partial charge in [0.05, 0.1) is 6.20 Å². The maximum absolute atomic E-state index is 12.5. The van der Waals surface area contributed by atoms with Crippen LogP contribution in [0, 0.1) is 0 Å². The molecule has 7 nitrogen and oxygen atoms in total. The van der Waals surface area contributed by atoms with E-state index in [0.717, 1.165) is 18.7 Å². The fourth-order valence-corrected chi connectivity index (χ4v) is 4.01. The third-order valence-electron chi connectivity index (χ3n) is 5.06. The number of rotatable bonds is 6. The molecule has 2 aromatic carbocycles. The molecule has 1 fully saturated rings. The van der Waals surface area contributed by atoms with E-state index in [1.54, 1.807) is 17.2 Å². The Labute approximate surface area is 198 Å². The van der Waals surface area contributed by atoms with Crippen LogP contribution in [0.15, 0.2) is 72.0 Å². The van der Waals surface area contributed by atoms with E-state index in [1.165, 1.54) is 36.7 Å². The van der Waals surface area contributed by atoms with Crippen molar-refractivity contribution >= 4 is 23.6 Å². The average molecular weight is 490 g/mol. The van der Waals surface area contributed by atoms with Crippen LogP contribution < -0.4 is 10.1 Å². The van der Waals surface area contributed by atoms with Crippen molar-refractivity contribution in [3.8, 4) is 11.5 Å². The molecule has 11 heteroatoms. The molecule has 0 bridgehead atoms. The second-order valence-corrected chi connectivity index (χ2v) is 8.69. The van der Waals surface area contributed by atoms with Gasteiger partial charge in [0, 0.05) is 50.0 Å². The molecule has 0 radical (unpaired) electrons. The summed E-state index contributed by atoms with van der Waals surface area (Å²) < 4.78 is 43.2. The Morgan fingerprint density at radius 2 is 1.79 bits per heavy atom. The van der Waals surface area contributed by atoms with Gasteiger partial charge < -0.3 is 9.64 Å². The van der Waals surface area contributed by atoms with E-state index < -0.39 is 5.51 Å². The van der Waals surface area contributed by atoms with Crippen LogP contribution in [0.3, 0.4) is 0 Å². The van der Waals surface area contributed by atoms with Gasteiger partial charge in [0.1, 0.15) is 11.5 Å². The zero-order valence-corrected chi connectivity index (χ0v) is 18.9. The molecule has 3 aromatic rings. The molecule has 1 N–H and O–H groups in total. The largest absolute Gasteiger partial charge is 0.457 e. The lowest BCUT2D eigenvalue weighted by Crippen LogP contribution is -2.49. The van der Waals surface area contributed by atoms with E-state index >= 15 is 0 Å². The quantitative estimate of drug-likeness (QED) is 0.478. The van der Waals surface area contributed by atoms with Crippen molar-refractivity contribution in [2.45, 2.75) is 16.9 Å². The highest BCUT2D eigenvalue weighted by Gasteiger charge is 2.29. The molecule has 0 saturated carbocycles. The van der Waals surface area contributed by atoms with Gasteiger partial charge in [-0.25, -0.2) is 9.78 Å². The molecule has 2 amide bonds. The van der Waals surface area contributed by atoms with E-state index in [1.807, 2.05) is 18.2 Å². The number of benzene rings is 2. The first kappa shape index (κ1) is 23.8. The number of halogens is 3. The number of hydrogen-bond donors (Lipinski definition) is 1. The fraction of sp³-hybridized carbons (Fsp3) is 0.261. The first-order valence-corrected chi connectivity index (χ1v) is 11.3. The van der Waals surface area contributed by atoms with Gasteiger partial charge in [-0.3, -0.25) is 15.2 Å². The SMILES string of the molecule is O=C(Nc1cnccn1)N1CCN(Cc2cccc(Oc3ccc(SC(F)(F)F)cc3)c2)CC1. The zero-order chi connectivity index (χ0) is 24.0. The first-order chi connectivity index (χ1) is 16.3. The lowest BCUT2D eigenvalue weighted by Gasteiger charge is -2.34. The van der Waals surface area contributed by atoms with Crippen LogP contribution in [0.5, 0.6) is 11.5 Å². The van der Waals surface area contributed by atoms with E-state index in [-0.39, 0.29) is 22.7 Å². The Balaban J connectivity index is 1.27. The van der Waals surface area contributed by atoms with Gasteiger partial charge in [-0.15, -0.1) is 0 Å². The molecule has 34 heavy (non-hydrogen) atoms. The highest BCUT2D eigenvalue weighted by Crippen LogP contribution is 2.37. The topological polar surface area (TPSA) is 70.6 Å². The molecule has 1 aliphatic rings. The van der Waals surface area contributed by atoms with Crippen molar-refractivity contribution in [3.05, 3.63) is 72.7 Å². The van der Waals surface area contributed by atoms with Crippen LogP contribution >= 0.6 is 11.8 Å². The standard InChI is InChI=1S/C23H22F3N5O2S/c24-23(25,26)34-20-6-4-18(5-7-20)33-19-3-1-2-17(14-19)16-30-10-12-31(13-11-30)22(32)29-21-15-27-8-9-28-21/h1-9,14-15H,10-13,16H2,(H,28,29,32). The molecule has 0 aliphatic carbocycles. The third-order valence-corrected chi connectivity index (χ3v) is 5.79. The number of anilines is 1. The van der Waals surface area contributed by atoms with Crippen molar-refractivity contribution in [2.24, 2.45) is 0 Å². The Morgan fingerprint density at radius 1 is 1.03 bits per heavy atom. The average Bonchev–Trinajstić information content (AvgIpc) is 2.81. The molecular formula is C23H22F3N5O2S. The number of nitrogens with one attached hydrogen (secondary N) is 1. The van der Waals surface area contributed by atoms with Crippen LogP contribution in [0.25, 0.3) is 0 Å². The Bertz CT molecular complexity index is 1090. The number of carbonyl (C=O) groups is 1. The van der Waals surface area contributed by atoms with E-state index in [2.05, 4.69) is 20.2 Å². The van der Waals surface area contributed by atoms with Crippen LogP contribution in [0.4, 0.5) is 23.8 Å². The number of thioether (sulfide) groups is 1. The lowest BCUT2D eigenvalue weighted by molar-refractivity contribution is -0.0328.